The molecule has 1 saturated heterocycles. The van der Waals surface area contributed by atoms with E-state index in [-0.39, 0.29) is 29.4 Å². The average Bonchev–Trinajstić information content (AvgIpc) is 2.88. The Labute approximate surface area is 220 Å². The van der Waals surface area contributed by atoms with Gasteiger partial charge in [-0.15, -0.1) is 0 Å². The number of benzene rings is 2. The third-order valence-corrected chi connectivity index (χ3v) is 7.44. The van der Waals surface area contributed by atoms with E-state index in [2.05, 4.69) is 4.90 Å². The lowest BCUT2D eigenvalue weighted by atomic mass is 9.98. The van der Waals surface area contributed by atoms with Crippen LogP contribution >= 0.6 is 11.6 Å². The minimum atomic E-state index is -1.36. The van der Waals surface area contributed by atoms with Crippen molar-refractivity contribution in [3.63, 3.8) is 0 Å². The standard InChI is InChI=1S/C28H32ClFN2O5/c1-16(2)24(15-33)32-14-21(28(35)36)27(34)20-11-17(25(37-3)13-23(20)32)9-18-10-19(12-22(29)26(18)30)31-7-5-4-6-8-31/h10-14,16,24,33H,4-9,15H2,1-3H3,(H,35,36). The number of aliphatic hydroxyl groups excluding tert-OH is 1. The number of aromatic carboxylic acids is 1. The van der Waals surface area contributed by atoms with Gasteiger partial charge in [-0.25, -0.2) is 9.18 Å². The first-order valence-electron chi connectivity index (χ1n) is 12.5. The van der Waals surface area contributed by atoms with E-state index < -0.39 is 28.8 Å². The van der Waals surface area contributed by atoms with Crippen LogP contribution in [0.4, 0.5) is 10.1 Å². The van der Waals surface area contributed by atoms with Crippen LogP contribution in [-0.2, 0) is 6.42 Å². The number of aromatic nitrogens is 1. The van der Waals surface area contributed by atoms with Crippen molar-refractivity contribution in [2.75, 3.05) is 31.7 Å². The predicted molar refractivity (Wildman–Crippen MR) is 143 cm³/mol. The van der Waals surface area contributed by atoms with Crippen molar-refractivity contribution in [3.8, 4) is 5.75 Å². The van der Waals surface area contributed by atoms with Gasteiger partial charge in [0.1, 0.15) is 17.1 Å². The second-order valence-corrected chi connectivity index (χ2v) is 10.3. The Balaban J connectivity index is 1.89. The quantitative estimate of drug-likeness (QED) is 0.412. The van der Waals surface area contributed by atoms with Crippen LogP contribution in [0.5, 0.6) is 5.75 Å². The molecule has 0 radical (unpaired) electrons. The van der Waals surface area contributed by atoms with Crippen molar-refractivity contribution in [2.24, 2.45) is 5.92 Å². The summed E-state index contributed by atoms with van der Waals surface area (Å²) in [6.45, 7) is 5.31. The smallest absolute Gasteiger partial charge is 0.341 e. The fraction of sp³-hybridized carbons (Fsp3) is 0.429. The van der Waals surface area contributed by atoms with Crippen LogP contribution in [0.15, 0.2) is 35.3 Å². The van der Waals surface area contributed by atoms with Gasteiger partial charge in [0.15, 0.2) is 0 Å². The van der Waals surface area contributed by atoms with Gasteiger partial charge >= 0.3 is 5.97 Å². The first-order valence-corrected chi connectivity index (χ1v) is 12.9. The minimum Gasteiger partial charge on any atom is -0.496 e. The van der Waals surface area contributed by atoms with Gasteiger partial charge in [0, 0.05) is 42.8 Å². The molecule has 37 heavy (non-hydrogen) atoms. The van der Waals surface area contributed by atoms with Crippen LogP contribution in [0, 0.1) is 11.7 Å². The molecule has 1 aliphatic rings. The topological polar surface area (TPSA) is 92.0 Å². The molecule has 1 unspecified atom stereocenters. The molecular formula is C28H32ClFN2O5. The molecule has 1 atom stereocenters. The lowest BCUT2D eigenvalue weighted by Gasteiger charge is -2.29. The van der Waals surface area contributed by atoms with Crippen molar-refractivity contribution in [1.82, 2.24) is 4.57 Å². The van der Waals surface area contributed by atoms with Crippen LogP contribution in [0.2, 0.25) is 5.02 Å². The normalized spacial score (nSPS) is 14.8. The fourth-order valence-corrected chi connectivity index (χ4v) is 5.33. The summed E-state index contributed by atoms with van der Waals surface area (Å²) in [7, 11) is 1.48. The van der Waals surface area contributed by atoms with Crippen LogP contribution < -0.4 is 15.1 Å². The molecule has 0 spiro atoms. The van der Waals surface area contributed by atoms with Crippen LogP contribution in [0.3, 0.4) is 0 Å². The lowest BCUT2D eigenvalue weighted by molar-refractivity contribution is 0.0694. The number of methoxy groups -OCH3 is 1. The molecule has 7 nitrogen and oxygen atoms in total. The SMILES string of the molecule is COc1cc2c(cc1Cc1cc(N3CCCCC3)cc(Cl)c1F)c(=O)c(C(=O)O)cn2C(CO)C(C)C. The number of carboxylic acids is 1. The lowest BCUT2D eigenvalue weighted by Crippen LogP contribution is -2.29. The van der Waals surface area contributed by atoms with Gasteiger partial charge in [-0.1, -0.05) is 25.4 Å². The van der Waals surface area contributed by atoms with E-state index in [1.807, 2.05) is 13.8 Å². The summed E-state index contributed by atoms with van der Waals surface area (Å²) < 4.78 is 22.4. The summed E-state index contributed by atoms with van der Waals surface area (Å²) in [6.07, 6.45) is 4.65. The van der Waals surface area contributed by atoms with E-state index in [4.69, 9.17) is 16.3 Å². The zero-order chi connectivity index (χ0) is 26.9. The second kappa shape index (κ2) is 11.1. The number of aliphatic hydroxyl groups is 1. The third-order valence-electron chi connectivity index (χ3n) is 7.17. The molecule has 2 aromatic carbocycles. The van der Waals surface area contributed by atoms with Crippen molar-refractivity contribution in [3.05, 3.63) is 68.2 Å². The second-order valence-electron chi connectivity index (χ2n) is 9.88. The third kappa shape index (κ3) is 5.31. The van der Waals surface area contributed by atoms with Gasteiger partial charge < -0.3 is 24.4 Å². The molecule has 2 N–H and O–H groups in total. The van der Waals surface area contributed by atoms with Crippen LogP contribution in [0.1, 0.15) is 60.6 Å². The highest BCUT2D eigenvalue weighted by molar-refractivity contribution is 6.31. The zero-order valence-electron chi connectivity index (χ0n) is 21.3. The number of anilines is 1. The first kappa shape index (κ1) is 26.9. The van der Waals surface area contributed by atoms with E-state index in [9.17, 15) is 19.8 Å². The number of rotatable bonds is 8. The van der Waals surface area contributed by atoms with E-state index in [1.54, 1.807) is 28.8 Å². The van der Waals surface area contributed by atoms with Crippen molar-refractivity contribution in [2.45, 2.75) is 45.6 Å². The van der Waals surface area contributed by atoms with Crippen molar-refractivity contribution >= 4 is 34.2 Å². The number of hydrogen-bond acceptors (Lipinski definition) is 5. The molecule has 2 heterocycles. The maximum Gasteiger partial charge on any atom is 0.341 e. The Kier molecular flexibility index (Phi) is 8.09. The van der Waals surface area contributed by atoms with Crippen LogP contribution in [0.25, 0.3) is 10.9 Å². The first-order chi connectivity index (χ1) is 17.7. The minimum absolute atomic E-state index is 0.0241. The summed E-state index contributed by atoms with van der Waals surface area (Å²) in [5.74, 6) is -1.52. The highest BCUT2D eigenvalue weighted by Gasteiger charge is 2.23. The van der Waals surface area contributed by atoms with Gasteiger partial charge in [0.05, 0.1) is 30.3 Å². The van der Waals surface area contributed by atoms with E-state index in [0.29, 0.717) is 22.4 Å². The number of carbonyl (C=O) groups is 1. The van der Waals surface area contributed by atoms with Gasteiger partial charge in [0.25, 0.3) is 0 Å². The van der Waals surface area contributed by atoms with Crippen molar-refractivity contribution in [1.29, 1.82) is 0 Å². The zero-order valence-corrected chi connectivity index (χ0v) is 22.0. The maximum absolute atomic E-state index is 15.2. The molecular weight excluding hydrogens is 499 g/mol. The Morgan fingerprint density at radius 1 is 1.14 bits per heavy atom. The number of fused-ring (bicyclic) bond motifs is 1. The van der Waals surface area contributed by atoms with E-state index >= 15 is 4.39 Å². The molecule has 1 aliphatic heterocycles. The molecule has 1 aromatic heterocycles. The summed E-state index contributed by atoms with van der Waals surface area (Å²) in [6, 6.07) is 6.17. The molecule has 0 aliphatic carbocycles. The molecule has 198 valence electrons. The Morgan fingerprint density at radius 3 is 2.43 bits per heavy atom. The summed E-state index contributed by atoms with van der Waals surface area (Å²) >= 11 is 6.28. The Bertz CT molecular complexity index is 1380. The Hall–Kier alpha value is -3.10. The average molecular weight is 531 g/mol. The number of carboxylic acid groups (broad SMARTS) is 1. The van der Waals surface area contributed by atoms with E-state index in [1.165, 1.54) is 13.3 Å². The highest BCUT2D eigenvalue weighted by atomic mass is 35.5. The molecule has 0 bridgehead atoms. The van der Waals surface area contributed by atoms with Gasteiger partial charge in [-0.05, 0) is 54.5 Å². The highest BCUT2D eigenvalue weighted by Crippen LogP contribution is 2.34. The maximum atomic E-state index is 15.2. The number of nitrogens with zero attached hydrogens (tertiary/aromatic N) is 2. The van der Waals surface area contributed by atoms with Gasteiger partial charge in [-0.2, -0.15) is 0 Å². The largest absolute Gasteiger partial charge is 0.496 e. The van der Waals surface area contributed by atoms with Crippen molar-refractivity contribution < 1.29 is 24.1 Å². The fourth-order valence-electron chi connectivity index (χ4n) is 5.10. The molecule has 4 rings (SSSR count). The number of hydrogen-bond donors (Lipinski definition) is 2. The number of ether oxygens (including phenoxy) is 1. The Morgan fingerprint density at radius 2 is 1.84 bits per heavy atom. The summed E-state index contributed by atoms with van der Waals surface area (Å²) in [5.41, 5.74) is 1.11. The number of piperidine rings is 1. The number of pyridine rings is 1. The molecule has 3 aromatic rings. The van der Waals surface area contributed by atoms with E-state index in [0.717, 1.165) is 38.0 Å². The van der Waals surface area contributed by atoms with Crippen LogP contribution in [-0.4, -0.2) is 47.6 Å². The number of halogens is 2. The predicted octanol–water partition coefficient (Wildman–Crippen LogP) is 5.27. The van der Waals surface area contributed by atoms with Gasteiger partial charge in [-0.3, -0.25) is 4.79 Å². The van der Waals surface area contributed by atoms with Gasteiger partial charge in [0.2, 0.25) is 5.43 Å². The summed E-state index contributed by atoms with van der Waals surface area (Å²) in [5, 5.41) is 19.9. The molecule has 9 heteroatoms. The molecule has 1 fully saturated rings. The monoisotopic (exact) mass is 530 g/mol. The molecule has 0 saturated carbocycles. The molecule has 0 amide bonds. The summed E-state index contributed by atoms with van der Waals surface area (Å²) in [4.78, 5) is 27.3.